The molecule has 2 atom stereocenters. The lowest BCUT2D eigenvalue weighted by molar-refractivity contribution is -0.138. The van der Waals surface area contributed by atoms with Crippen LogP contribution in [0.1, 0.15) is 42.1 Å². The fourth-order valence-corrected chi connectivity index (χ4v) is 5.12. The van der Waals surface area contributed by atoms with Gasteiger partial charge in [-0.2, -0.15) is 13.2 Å². The van der Waals surface area contributed by atoms with Crippen molar-refractivity contribution in [2.45, 2.75) is 44.7 Å². The number of carbonyl (C=O) groups excluding carboxylic acids is 1. The zero-order chi connectivity index (χ0) is 30.9. The molecule has 1 unspecified atom stereocenters. The molecule has 1 aromatic carbocycles. The Balaban J connectivity index is 1.54. The molecular formula is C29H30F5N5O4. The summed E-state index contributed by atoms with van der Waals surface area (Å²) in [4.78, 5) is 34.7. The summed E-state index contributed by atoms with van der Waals surface area (Å²) in [5.74, 6) is -3.30. The molecule has 0 spiro atoms. The Hall–Kier alpha value is -4.04. The van der Waals surface area contributed by atoms with E-state index < -0.39 is 57.9 Å². The third kappa shape index (κ3) is 6.64. The van der Waals surface area contributed by atoms with E-state index in [2.05, 4.69) is 10.3 Å². The molecule has 0 bridgehead atoms. The first kappa shape index (κ1) is 30.4. The molecule has 1 amide bonds. The Morgan fingerprint density at radius 3 is 2.63 bits per heavy atom. The molecule has 14 heteroatoms. The molecule has 4 heterocycles. The summed E-state index contributed by atoms with van der Waals surface area (Å²) in [5, 5.41) is 2.23. The smallest absolute Gasteiger partial charge is 0.417 e. The highest BCUT2D eigenvalue weighted by molar-refractivity contribution is 6.07. The molecule has 2 aromatic heterocycles. The topological polar surface area (TPSA) is 99.8 Å². The lowest BCUT2D eigenvalue weighted by Gasteiger charge is -2.39. The second kappa shape index (κ2) is 12.3. The summed E-state index contributed by atoms with van der Waals surface area (Å²) >= 11 is 0. The van der Waals surface area contributed by atoms with E-state index in [-0.39, 0.29) is 29.2 Å². The molecule has 2 aliphatic rings. The van der Waals surface area contributed by atoms with Gasteiger partial charge in [-0.1, -0.05) is 0 Å². The van der Waals surface area contributed by atoms with E-state index in [4.69, 9.17) is 9.47 Å². The maximum Gasteiger partial charge on any atom is 0.417 e. The second-order valence-electron chi connectivity index (χ2n) is 10.6. The van der Waals surface area contributed by atoms with Crippen LogP contribution in [-0.4, -0.2) is 66.4 Å². The van der Waals surface area contributed by atoms with Crippen LogP contribution in [0.15, 0.2) is 41.5 Å². The summed E-state index contributed by atoms with van der Waals surface area (Å²) in [6.07, 6.45) is -1.19. The molecule has 43 heavy (non-hydrogen) atoms. The van der Waals surface area contributed by atoms with Crippen molar-refractivity contribution in [2.24, 2.45) is 0 Å². The number of alkyl halides is 3. The van der Waals surface area contributed by atoms with Gasteiger partial charge in [-0.05, 0) is 32.9 Å². The van der Waals surface area contributed by atoms with Crippen LogP contribution in [0, 0.1) is 11.6 Å². The van der Waals surface area contributed by atoms with E-state index in [1.165, 1.54) is 18.3 Å². The number of benzene rings is 1. The SMILES string of the molecule is CC1CN(c2cc(F)c(-c3ccc(O[C@H]4CCCCO4)nc3)c(F)c2NC(=O)c2c[nH]c(=O)cc2C(F)(F)F)CCN1C. The number of pyridine rings is 2. The first-order valence-electron chi connectivity index (χ1n) is 13.8. The van der Waals surface area contributed by atoms with Crippen molar-refractivity contribution in [3.05, 3.63) is 69.8 Å². The Morgan fingerprint density at radius 1 is 1.19 bits per heavy atom. The van der Waals surface area contributed by atoms with Gasteiger partial charge in [0.15, 0.2) is 5.82 Å². The van der Waals surface area contributed by atoms with Crippen molar-refractivity contribution in [1.29, 1.82) is 0 Å². The number of aromatic nitrogens is 2. The third-order valence-corrected chi connectivity index (χ3v) is 7.63. The number of H-pyrrole nitrogens is 1. The van der Waals surface area contributed by atoms with E-state index in [0.29, 0.717) is 38.9 Å². The minimum atomic E-state index is -5.04. The van der Waals surface area contributed by atoms with Crippen LogP contribution in [0.2, 0.25) is 0 Å². The van der Waals surface area contributed by atoms with Crippen molar-refractivity contribution < 1.29 is 36.2 Å². The lowest BCUT2D eigenvalue weighted by atomic mass is 10.0. The quantitative estimate of drug-likeness (QED) is 0.379. The van der Waals surface area contributed by atoms with Crippen LogP contribution in [0.3, 0.4) is 0 Å². The molecule has 230 valence electrons. The van der Waals surface area contributed by atoms with Crippen LogP contribution in [0.25, 0.3) is 11.1 Å². The third-order valence-electron chi connectivity index (χ3n) is 7.63. The van der Waals surface area contributed by atoms with Gasteiger partial charge in [0.25, 0.3) is 5.91 Å². The van der Waals surface area contributed by atoms with Crippen molar-refractivity contribution in [3.8, 4) is 17.0 Å². The van der Waals surface area contributed by atoms with Crippen LogP contribution >= 0.6 is 0 Å². The number of hydrogen-bond acceptors (Lipinski definition) is 7. The molecule has 3 aromatic rings. The van der Waals surface area contributed by atoms with Crippen molar-refractivity contribution in [1.82, 2.24) is 14.9 Å². The number of nitrogens with one attached hydrogen (secondary N) is 2. The predicted octanol–water partition coefficient (Wildman–Crippen LogP) is 5.03. The molecule has 0 saturated carbocycles. The van der Waals surface area contributed by atoms with Crippen LogP contribution < -0.4 is 20.5 Å². The number of rotatable bonds is 6. The highest BCUT2D eigenvalue weighted by atomic mass is 19.4. The minimum Gasteiger partial charge on any atom is -0.448 e. The summed E-state index contributed by atoms with van der Waals surface area (Å²) in [7, 11) is 1.89. The number of aromatic amines is 1. The Kier molecular flexibility index (Phi) is 8.69. The number of amides is 1. The van der Waals surface area contributed by atoms with Crippen LogP contribution in [0.4, 0.5) is 33.3 Å². The van der Waals surface area contributed by atoms with Crippen LogP contribution in [-0.2, 0) is 10.9 Å². The molecule has 0 radical (unpaired) electrons. The molecule has 2 aliphatic heterocycles. The van der Waals surface area contributed by atoms with E-state index in [9.17, 15) is 22.8 Å². The van der Waals surface area contributed by atoms with E-state index in [0.717, 1.165) is 18.9 Å². The number of piperazine rings is 1. The molecule has 2 fully saturated rings. The normalized spacial score (nSPS) is 19.7. The zero-order valence-corrected chi connectivity index (χ0v) is 23.4. The number of hydrogen-bond donors (Lipinski definition) is 2. The highest BCUT2D eigenvalue weighted by Gasteiger charge is 2.37. The van der Waals surface area contributed by atoms with Gasteiger partial charge in [-0.25, -0.2) is 13.8 Å². The molecular weight excluding hydrogens is 577 g/mol. The Bertz CT molecular complexity index is 1540. The molecule has 2 N–H and O–H groups in total. The fraction of sp³-hybridized carbons (Fsp3) is 0.414. The van der Waals surface area contributed by atoms with Gasteiger partial charge in [0, 0.05) is 68.3 Å². The number of halogens is 5. The zero-order valence-electron chi connectivity index (χ0n) is 23.4. The average Bonchev–Trinajstić information content (AvgIpc) is 2.97. The summed E-state index contributed by atoms with van der Waals surface area (Å²) in [6.45, 7) is 3.67. The predicted molar refractivity (Wildman–Crippen MR) is 148 cm³/mol. The largest absolute Gasteiger partial charge is 0.448 e. The molecule has 0 aliphatic carbocycles. The summed E-state index contributed by atoms with van der Waals surface area (Å²) in [5.41, 5.74) is -4.55. The lowest BCUT2D eigenvalue weighted by Crippen LogP contribution is -2.50. The van der Waals surface area contributed by atoms with E-state index in [1.807, 2.05) is 23.9 Å². The average molecular weight is 608 g/mol. The standard InChI is InChI=1S/C29H30F5N5O4/c1-16-15-39(9-8-38(16)2)21-12-20(30)25(17-6-7-23(36-13-17)43-24-5-3-4-10-42-24)26(31)27(21)37-28(41)18-14-35-22(40)11-19(18)29(32,33)34/h6-7,11-14,16,24H,3-5,8-10,15H2,1-2H3,(H,35,40)(H,37,41)/t16?,24-/m0/s1. The first-order chi connectivity index (χ1) is 20.4. The Morgan fingerprint density at radius 2 is 1.98 bits per heavy atom. The molecule has 9 nitrogen and oxygen atoms in total. The molecule has 5 rings (SSSR count). The first-order valence-corrected chi connectivity index (χ1v) is 13.8. The van der Waals surface area contributed by atoms with Gasteiger partial charge in [-0.3, -0.25) is 9.59 Å². The van der Waals surface area contributed by atoms with Gasteiger partial charge in [0.2, 0.25) is 17.7 Å². The van der Waals surface area contributed by atoms with Crippen LogP contribution in [0.5, 0.6) is 5.88 Å². The van der Waals surface area contributed by atoms with Gasteiger partial charge < -0.3 is 29.6 Å². The summed E-state index contributed by atoms with van der Waals surface area (Å²) < 4.78 is 84.2. The van der Waals surface area contributed by atoms with Crippen molar-refractivity contribution in [2.75, 3.05) is 43.5 Å². The number of anilines is 2. The van der Waals surface area contributed by atoms with Gasteiger partial charge in [0.05, 0.1) is 29.0 Å². The van der Waals surface area contributed by atoms with E-state index >= 15 is 8.78 Å². The Labute approximate surface area is 243 Å². The number of likely N-dealkylation sites (N-methyl/N-ethyl adjacent to an activating group) is 1. The number of carbonyl (C=O) groups is 1. The van der Waals surface area contributed by atoms with Gasteiger partial charge in [0.1, 0.15) is 11.5 Å². The minimum absolute atomic E-state index is 0.0146. The van der Waals surface area contributed by atoms with Crippen molar-refractivity contribution in [3.63, 3.8) is 0 Å². The van der Waals surface area contributed by atoms with Gasteiger partial charge in [-0.15, -0.1) is 0 Å². The van der Waals surface area contributed by atoms with Gasteiger partial charge >= 0.3 is 6.18 Å². The molecule has 2 saturated heterocycles. The van der Waals surface area contributed by atoms with Crippen molar-refractivity contribution >= 4 is 17.3 Å². The summed E-state index contributed by atoms with van der Waals surface area (Å²) in [6, 6.07) is 4.08. The number of nitrogens with zero attached hydrogens (tertiary/aromatic N) is 3. The van der Waals surface area contributed by atoms with E-state index in [1.54, 1.807) is 4.90 Å². The highest BCUT2D eigenvalue weighted by Crippen LogP contribution is 2.40. The monoisotopic (exact) mass is 607 g/mol. The number of ether oxygens (including phenoxy) is 2. The second-order valence-corrected chi connectivity index (χ2v) is 10.6. The maximum absolute atomic E-state index is 16.3. The fourth-order valence-electron chi connectivity index (χ4n) is 5.12. The maximum atomic E-state index is 16.3.